The molecule has 0 N–H and O–H groups in total. The Morgan fingerprint density at radius 2 is 1.85 bits per heavy atom. The molecule has 0 spiro atoms. The molecule has 0 aromatic heterocycles. The largest absolute Gasteiger partial charge is 0.496 e. The van der Waals surface area contributed by atoms with Gasteiger partial charge in [-0.2, -0.15) is 0 Å². The maximum atomic E-state index is 5.70. The molecule has 2 heteroatoms. The van der Waals surface area contributed by atoms with Crippen molar-refractivity contribution in [2.24, 2.45) is 0 Å². The van der Waals surface area contributed by atoms with Crippen molar-refractivity contribution in [3.05, 3.63) is 65.3 Å². The van der Waals surface area contributed by atoms with Gasteiger partial charge in [-0.15, -0.1) is 0 Å². The van der Waals surface area contributed by atoms with Gasteiger partial charge in [-0.05, 0) is 25.3 Å². The van der Waals surface area contributed by atoms with E-state index < -0.39 is 0 Å². The molecule has 20 heavy (non-hydrogen) atoms. The maximum Gasteiger partial charge on any atom is 0.127 e. The first-order chi connectivity index (χ1) is 9.77. The highest BCUT2D eigenvalue weighted by molar-refractivity contribution is 5.64. The molecule has 1 aromatic carbocycles. The average Bonchev–Trinajstić information content (AvgIpc) is 2.51. The number of ether oxygens (including phenoxy) is 2. The summed E-state index contributed by atoms with van der Waals surface area (Å²) in [5.41, 5.74) is 3.38. The van der Waals surface area contributed by atoms with Crippen molar-refractivity contribution >= 4 is 5.76 Å². The van der Waals surface area contributed by atoms with Gasteiger partial charge in [0.05, 0.1) is 7.11 Å². The van der Waals surface area contributed by atoms with Crippen molar-refractivity contribution < 1.29 is 9.47 Å². The van der Waals surface area contributed by atoms with Gasteiger partial charge in [0, 0.05) is 18.2 Å². The first kappa shape index (κ1) is 14.6. The molecule has 0 bridgehead atoms. The Kier molecular flexibility index (Phi) is 5.19. The molecule has 0 saturated carbocycles. The first-order valence-corrected chi connectivity index (χ1v) is 6.97. The molecule has 0 fully saturated rings. The molecular formula is C18H22O2. The van der Waals surface area contributed by atoms with Gasteiger partial charge in [-0.25, -0.2) is 0 Å². The van der Waals surface area contributed by atoms with Gasteiger partial charge in [-0.3, -0.25) is 0 Å². The van der Waals surface area contributed by atoms with Crippen LogP contribution in [0, 0.1) is 0 Å². The standard InChI is InChI=1S/C18H22O2/c1-14(17(19-2)15-10-6-4-7-11-15)18(20-3)16-12-8-5-9-13-16/h4,6-8,10-13,18H,5,9H2,1-3H3/b17-14-. The highest BCUT2D eigenvalue weighted by Gasteiger charge is 2.19. The monoisotopic (exact) mass is 270 g/mol. The van der Waals surface area contributed by atoms with Gasteiger partial charge in [0.1, 0.15) is 11.9 Å². The maximum absolute atomic E-state index is 5.70. The Labute approximate surface area is 121 Å². The van der Waals surface area contributed by atoms with E-state index in [2.05, 4.69) is 37.3 Å². The molecule has 1 atom stereocenters. The molecule has 0 heterocycles. The van der Waals surface area contributed by atoms with E-state index in [9.17, 15) is 0 Å². The average molecular weight is 270 g/mol. The molecule has 2 rings (SSSR count). The molecule has 106 valence electrons. The lowest BCUT2D eigenvalue weighted by Gasteiger charge is -2.22. The van der Waals surface area contributed by atoms with Crippen LogP contribution in [0.5, 0.6) is 0 Å². The number of methoxy groups -OCH3 is 2. The fourth-order valence-electron chi connectivity index (χ4n) is 2.61. The fraction of sp³-hybridized carbons (Fsp3) is 0.333. The summed E-state index contributed by atoms with van der Waals surface area (Å²) in [6.45, 7) is 2.07. The zero-order valence-corrected chi connectivity index (χ0v) is 12.4. The van der Waals surface area contributed by atoms with Crippen LogP contribution in [0.25, 0.3) is 5.76 Å². The molecule has 0 saturated heterocycles. The molecule has 0 aliphatic heterocycles. The number of hydrogen-bond acceptors (Lipinski definition) is 2. The van der Waals surface area contributed by atoms with Crippen molar-refractivity contribution in [2.75, 3.05) is 14.2 Å². The Hall–Kier alpha value is -1.80. The number of hydrogen-bond donors (Lipinski definition) is 0. The van der Waals surface area contributed by atoms with E-state index in [4.69, 9.17) is 9.47 Å². The van der Waals surface area contributed by atoms with E-state index in [-0.39, 0.29) is 6.10 Å². The molecule has 1 unspecified atom stereocenters. The molecule has 1 aromatic rings. The van der Waals surface area contributed by atoms with Crippen LogP contribution in [-0.4, -0.2) is 20.3 Å². The summed E-state index contributed by atoms with van der Waals surface area (Å²) in [6, 6.07) is 10.2. The molecule has 0 radical (unpaired) electrons. The number of rotatable bonds is 5. The minimum Gasteiger partial charge on any atom is -0.496 e. The zero-order chi connectivity index (χ0) is 14.4. The van der Waals surface area contributed by atoms with Crippen LogP contribution in [0.2, 0.25) is 0 Å². The summed E-state index contributed by atoms with van der Waals surface area (Å²) in [6.07, 6.45) is 8.73. The first-order valence-electron chi connectivity index (χ1n) is 6.97. The Bertz CT molecular complexity index is 524. The third kappa shape index (κ3) is 3.20. The zero-order valence-electron chi connectivity index (χ0n) is 12.4. The Morgan fingerprint density at radius 1 is 1.10 bits per heavy atom. The minimum absolute atomic E-state index is 0.0540. The topological polar surface area (TPSA) is 18.5 Å². The SMILES string of the molecule is CO/C(=C(/C)C(OC)C1=CCCC=C1)c1ccccc1. The second kappa shape index (κ2) is 7.11. The van der Waals surface area contributed by atoms with E-state index in [0.717, 1.165) is 29.7 Å². The van der Waals surface area contributed by atoms with Crippen molar-refractivity contribution in [3.8, 4) is 0 Å². The summed E-state index contributed by atoms with van der Waals surface area (Å²) in [4.78, 5) is 0. The molecule has 1 aliphatic carbocycles. The molecule has 2 nitrogen and oxygen atoms in total. The van der Waals surface area contributed by atoms with Crippen molar-refractivity contribution in [1.82, 2.24) is 0 Å². The van der Waals surface area contributed by atoms with Crippen molar-refractivity contribution in [3.63, 3.8) is 0 Å². The van der Waals surface area contributed by atoms with Gasteiger partial charge in [0.2, 0.25) is 0 Å². The van der Waals surface area contributed by atoms with E-state index in [1.165, 1.54) is 5.57 Å². The number of benzene rings is 1. The lowest BCUT2D eigenvalue weighted by molar-refractivity contribution is 0.159. The second-order valence-corrected chi connectivity index (χ2v) is 4.88. The lowest BCUT2D eigenvalue weighted by Crippen LogP contribution is -2.17. The van der Waals surface area contributed by atoms with Crippen LogP contribution in [0.4, 0.5) is 0 Å². The van der Waals surface area contributed by atoms with Gasteiger partial charge in [-0.1, -0.05) is 48.6 Å². The molecule has 1 aliphatic rings. The van der Waals surface area contributed by atoms with Crippen LogP contribution in [0.15, 0.2) is 59.7 Å². The van der Waals surface area contributed by atoms with Gasteiger partial charge in [0.15, 0.2) is 0 Å². The highest BCUT2D eigenvalue weighted by atomic mass is 16.5. The molecular weight excluding hydrogens is 248 g/mol. The second-order valence-electron chi connectivity index (χ2n) is 4.88. The van der Waals surface area contributed by atoms with Crippen LogP contribution in [-0.2, 0) is 9.47 Å². The predicted octanol–water partition coefficient (Wildman–Crippen LogP) is 4.36. The van der Waals surface area contributed by atoms with Crippen molar-refractivity contribution in [1.29, 1.82) is 0 Å². The van der Waals surface area contributed by atoms with Crippen LogP contribution in [0.3, 0.4) is 0 Å². The number of allylic oxidation sites excluding steroid dienone is 2. The summed E-state index contributed by atoms with van der Waals surface area (Å²) in [5.74, 6) is 0.886. The van der Waals surface area contributed by atoms with Crippen molar-refractivity contribution in [2.45, 2.75) is 25.9 Å². The van der Waals surface area contributed by atoms with E-state index >= 15 is 0 Å². The Morgan fingerprint density at radius 3 is 2.40 bits per heavy atom. The summed E-state index contributed by atoms with van der Waals surface area (Å²) in [5, 5.41) is 0. The van der Waals surface area contributed by atoms with Gasteiger partial charge < -0.3 is 9.47 Å². The van der Waals surface area contributed by atoms with Crippen LogP contribution >= 0.6 is 0 Å². The Balaban J connectivity index is 2.38. The predicted molar refractivity (Wildman–Crippen MR) is 83.3 cm³/mol. The highest BCUT2D eigenvalue weighted by Crippen LogP contribution is 2.28. The third-order valence-corrected chi connectivity index (χ3v) is 3.55. The molecule has 0 amide bonds. The quantitative estimate of drug-likeness (QED) is 0.740. The van der Waals surface area contributed by atoms with Gasteiger partial charge >= 0.3 is 0 Å². The van der Waals surface area contributed by atoms with Crippen LogP contribution in [0.1, 0.15) is 25.3 Å². The fourth-order valence-corrected chi connectivity index (χ4v) is 2.61. The normalized spacial score (nSPS) is 17.2. The minimum atomic E-state index is -0.0540. The third-order valence-electron chi connectivity index (χ3n) is 3.55. The lowest BCUT2D eigenvalue weighted by atomic mass is 9.95. The summed E-state index contributed by atoms with van der Waals surface area (Å²) < 4.78 is 11.3. The van der Waals surface area contributed by atoms with E-state index in [1.807, 2.05) is 18.2 Å². The summed E-state index contributed by atoms with van der Waals surface area (Å²) >= 11 is 0. The summed E-state index contributed by atoms with van der Waals surface area (Å²) in [7, 11) is 3.46. The van der Waals surface area contributed by atoms with Gasteiger partial charge in [0.25, 0.3) is 0 Å². The van der Waals surface area contributed by atoms with E-state index in [0.29, 0.717) is 0 Å². The smallest absolute Gasteiger partial charge is 0.127 e. The van der Waals surface area contributed by atoms with Crippen LogP contribution < -0.4 is 0 Å². The van der Waals surface area contributed by atoms with E-state index in [1.54, 1.807) is 14.2 Å².